The smallest absolute Gasteiger partial charge is 0.149 e. The molecule has 0 bridgehead atoms. The predicted molar refractivity (Wildman–Crippen MR) is 272 cm³/mol. The van der Waals surface area contributed by atoms with Crippen molar-refractivity contribution < 1.29 is 9.22 Å². The molecule has 0 aliphatic carbocycles. The summed E-state index contributed by atoms with van der Waals surface area (Å²) in [5, 5.41) is 12.6. The summed E-state index contributed by atoms with van der Waals surface area (Å²) < 4.78 is 27.6. The highest BCUT2D eigenvalue weighted by atomic mass is 16.3. The van der Waals surface area contributed by atoms with Gasteiger partial charge in [0, 0.05) is 32.6 Å². The molecule has 0 atom stereocenters. The Hall–Kier alpha value is -6.26. The van der Waals surface area contributed by atoms with Gasteiger partial charge >= 0.3 is 0 Å². The van der Waals surface area contributed by atoms with Crippen LogP contribution in [0.25, 0.3) is 72.7 Å². The molecule has 2 heterocycles. The lowest BCUT2D eigenvalue weighted by Gasteiger charge is -2.27. The van der Waals surface area contributed by atoms with Crippen LogP contribution in [0.3, 0.4) is 0 Å². The normalized spacial score (nSPS) is 13.5. The molecule has 326 valence electrons. The maximum atomic E-state index is 12.6. The van der Waals surface area contributed by atoms with Gasteiger partial charge in [0.15, 0.2) is 0 Å². The number of phenolic OH excluding ortho intramolecular Hbond substituents is 1. The first-order valence-electron chi connectivity index (χ1n) is 24.0. The third kappa shape index (κ3) is 8.68. The van der Waals surface area contributed by atoms with Crippen LogP contribution in [0.15, 0.2) is 134 Å². The van der Waals surface area contributed by atoms with Gasteiger partial charge in [-0.2, -0.15) is 0 Å². The topological polar surface area (TPSA) is 50.9 Å². The van der Waals surface area contributed by atoms with E-state index in [1.165, 1.54) is 11.1 Å². The Morgan fingerprint density at radius 3 is 1.77 bits per heavy atom. The number of nitrogens with zero attached hydrogens (tertiary/aromatic N) is 3. The molecule has 4 heteroatoms. The van der Waals surface area contributed by atoms with E-state index in [2.05, 4.69) is 204 Å². The summed E-state index contributed by atoms with van der Waals surface area (Å²) in [6, 6.07) is 43.9. The van der Waals surface area contributed by atoms with Crippen LogP contribution in [-0.2, 0) is 21.7 Å². The SMILES string of the molecule is [2H]C([2H])([2H])c1ccc(-n2c(-c3cc(C(C)(C)C)cc(C(C)(C)C)c3O)nc3c(-c4cc(-c5cc(-c6ccc(C)cc6)ccn5)cc(C(C)(C)C)c4)cccc32)c(-c2ccc(C(C)(C)C)cc2)c1. The molecule has 0 saturated heterocycles. The van der Waals surface area contributed by atoms with Gasteiger partial charge in [-0.05, 0) is 123 Å². The summed E-state index contributed by atoms with van der Waals surface area (Å²) in [6.45, 7) is 26.0. The van der Waals surface area contributed by atoms with E-state index in [9.17, 15) is 5.11 Å². The monoisotopic (exact) mass is 847 g/mol. The standard InChI is InChI=1S/C60H65N3O/c1-37-18-21-39(22-19-37)41-28-29-61-51(34-41)43-31-42(32-45(33-43)58(6,7)8)47-16-15-17-53-54(47)62-56(49-35-46(59(9,10)11)36-50(55(49)64)60(12,13)14)63(53)52-27-20-38(2)30-48(52)40-23-25-44(26-24-40)57(3,4)5/h15-36,64H,1-14H3/i2D3. The van der Waals surface area contributed by atoms with Gasteiger partial charge in [0.1, 0.15) is 11.6 Å². The number of phenols is 1. The molecule has 0 saturated carbocycles. The van der Waals surface area contributed by atoms with Gasteiger partial charge in [0.2, 0.25) is 0 Å². The maximum Gasteiger partial charge on any atom is 0.149 e. The van der Waals surface area contributed by atoms with Gasteiger partial charge in [-0.1, -0.05) is 173 Å². The molecule has 0 aliphatic rings. The molecule has 64 heavy (non-hydrogen) atoms. The fraction of sp³-hybridized carbons (Fsp3) is 0.300. The van der Waals surface area contributed by atoms with Gasteiger partial charge in [-0.3, -0.25) is 9.55 Å². The second-order valence-corrected chi connectivity index (χ2v) is 21.8. The van der Waals surface area contributed by atoms with E-state index in [0.717, 1.165) is 78.0 Å². The van der Waals surface area contributed by atoms with Crippen molar-refractivity contribution >= 4 is 11.0 Å². The molecule has 0 amide bonds. The van der Waals surface area contributed by atoms with Crippen LogP contribution in [0.1, 0.15) is 121 Å². The first-order chi connectivity index (χ1) is 31.2. The number of rotatable bonds is 6. The molecule has 2 aromatic heterocycles. The summed E-state index contributed by atoms with van der Waals surface area (Å²) in [6.07, 6.45) is 1.89. The molecule has 4 nitrogen and oxygen atoms in total. The zero-order valence-corrected chi connectivity index (χ0v) is 40.0. The van der Waals surface area contributed by atoms with Gasteiger partial charge in [0.25, 0.3) is 0 Å². The van der Waals surface area contributed by atoms with Crippen LogP contribution >= 0.6 is 0 Å². The maximum absolute atomic E-state index is 12.6. The number of imidazole rings is 1. The van der Waals surface area contributed by atoms with Crippen LogP contribution in [0.4, 0.5) is 0 Å². The van der Waals surface area contributed by atoms with E-state index in [4.69, 9.17) is 14.1 Å². The largest absolute Gasteiger partial charge is 0.507 e. The van der Waals surface area contributed by atoms with E-state index in [0.29, 0.717) is 11.4 Å². The number of aromatic nitrogens is 3. The number of aromatic hydroxyl groups is 1. The fourth-order valence-electron chi connectivity index (χ4n) is 8.56. The lowest BCUT2D eigenvalue weighted by atomic mass is 9.79. The average Bonchev–Trinajstić information content (AvgIpc) is 3.64. The third-order valence-electron chi connectivity index (χ3n) is 12.6. The van der Waals surface area contributed by atoms with E-state index in [1.54, 1.807) is 12.1 Å². The predicted octanol–water partition coefficient (Wildman–Crippen LogP) is 16.3. The van der Waals surface area contributed by atoms with Crippen molar-refractivity contribution in [3.8, 4) is 67.5 Å². The molecule has 0 aliphatic heterocycles. The van der Waals surface area contributed by atoms with Crippen LogP contribution < -0.4 is 0 Å². The van der Waals surface area contributed by atoms with Crippen molar-refractivity contribution in [3.63, 3.8) is 0 Å². The zero-order valence-electron chi connectivity index (χ0n) is 43.0. The van der Waals surface area contributed by atoms with Crippen molar-refractivity contribution in [2.45, 2.75) is 119 Å². The third-order valence-corrected chi connectivity index (χ3v) is 12.6. The van der Waals surface area contributed by atoms with Crippen LogP contribution in [0, 0.1) is 13.8 Å². The minimum Gasteiger partial charge on any atom is -0.507 e. The lowest BCUT2D eigenvalue weighted by molar-refractivity contribution is 0.446. The zero-order chi connectivity index (χ0) is 48.6. The van der Waals surface area contributed by atoms with Crippen LogP contribution in [-0.4, -0.2) is 19.6 Å². The Balaban J connectivity index is 1.46. The molecular formula is C60H65N3O. The van der Waals surface area contributed by atoms with Crippen molar-refractivity contribution in [1.82, 2.24) is 14.5 Å². The summed E-state index contributed by atoms with van der Waals surface area (Å²) in [5.74, 6) is 0.732. The number of aryl methyl sites for hydroxylation is 2. The Kier molecular flexibility index (Phi) is 10.2. The molecule has 8 aromatic rings. The van der Waals surface area contributed by atoms with Crippen molar-refractivity contribution in [3.05, 3.63) is 167 Å². The Labute approximate surface area is 386 Å². The van der Waals surface area contributed by atoms with Crippen LogP contribution in [0.2, 0.25) is 0 Å². The van der Waals surface area contributed by atoms with E-state index >= 15 is 0 Å². The molecule has 0 radical (unpaired) electrons. The number of fused-ring (bicyclic) bond motifs is 1. The van der Waals surface area contributed by atoms with Crippen LogP contribution in [0.5, 0.6) is 5.75 Å². The van der Waals surface area contributed by atoms with Gasteiger partial charge < -0.3 is 5.11 Å². The van der Waals surface area contributed by atoms with Gasteiger partial charge in [-0.25, -0.2) is 4.98 Å². The highest BCUT2D eigenvalue weighted by molar-refractivity contribution is 5.98. The minimum atomic E-state index is -2.34. The molecule has 1 N–H and O–H groups in total. The summed E-state index contributed by atoms with van der Waals surface area (Å²) in [4.78, 5) is 10.6. The second-order valence-electron chi connectivity index (χ2n) is 21.8. The first kappa shape index (κ1) is 40.5. The Bertz CT molecular complexity index is 3150. The minimum absolute atomic E-state index is 0.0729. The number of para-hydroxylation sites is 1. The first-order valence-corrected chi connectivity index (χ1v) is 22.5. The molecule has 8 rings (SSSR count). The highest BCUT2D eigenvalue weighted by Gasteiger charge is 2.30. The lowest BCUT2D eigenvalue weighted by Crippen LogP contribution is -2.17. The molecule has 0 fully saturated rings. The molecule has 6 aromatic carbocycles. The number of hydrogen-bond donors (Lipinski definition) is 1. The Morgan fingerprint density at radius 1 is 0.500 bits per heavy atom. The fourth-order valence-corrected chi connectivity index (χ4v) is 8.56. The number of pyridine rings is 1. The highest BCUT2D eigenvalue weighted by Crippen LogP contribution is 2.46. The van der Waals surface area contributed by atoms with E-state index in [-0.39, 0.29) is 27.6 Å². The summed E-state index contributed by atoms with van der Waals surface area (Å²) in [5.41, 5.74) is 15.4. The van der Waals surface area contributed by atoms with Crippen molar-refractivity contribution in [2.75, 3.05) is 0 Å². The number of benzene rings is 6. The van der Waals surface area contributed by atoms with Gasteiger partial charge in [-0.15, -0.1) is 0 Å². The summed E-state index contributed by atoms with van der Waals surface area (Å²) in [7, 11) is 0. The van der Waals surface area contributed by atoms with E-state index in [1.807, 2.05) is 12.3 Å². The quantitative estimate of drug-likeness (QED) is 0.181. The Morgan fingerprint density at radius 2 is 1.12 bits per heavy atom. The molecule has 0 spiro atoms. The van der Waals surface area contributed by atoms with Gasteiger partial charge in [0.05, 0.1) is 28.0 Å². The average molecular weight is 847 g/mol. The molecule has 0 unspecified atom stereocenters. The van der Waals surface area contributed by atoms with Crippen molar-refractivity contribution in [2.24, 2.45) is 0 Å². The number of hydrogen-bond acceptors (Lipinski definition) is 3. The second kappa shape index (κ2) is 16.1. The summed E-state index contributed by atoms with van der Waals surface area (Å²) >= 11 is 0. The molecular weight excluding hydrogens is 779 g/mol. The van der Waals surface area contributed by atoms with E-state index < -0.39 is 12.3 Å². The van der Waals surface area contributed by atoms with Crippen molar-refractivity contribution in [1.29, 1.82) is 0 Å².